The highest BCUT2D eigenvalue weighted by molar-refractivity contribution is 6.30. The van der Waals surface area contributed by atoms with Crippen molar-refractivity contribution in [3.63, 3.8) is 0 Å². The van der Waals surface area contributed by atoms with Crippen LogP contribution in [-0.4, -0.2) is 13.0 Å². The second kappa shape index (κ2) is 5.61. The zero-order valence-corrected chi connectivity index (χ0v) is 7.82. The minimum atomic E-state index is -0.0703. The molecule has 0 heterocycles. The summed E-state index contributed by atoms with van der Waals surface area (Å²) in [4.78, 5) is 10.9. The summed E-state index contributed by atoms with van der Waals surface area (Å²) in [6, 6.07) is 0. The van der Waals surface area contributed by atoms with Crippen molar-refractivity contribution in [1.29, 1.82) is 0 Å². The first kappa shape index (κ1) is 11.0. The van der Waals surface area contributed by atoms with Gasteiger partial charge in [0.25, 0.3) is 0 Å². The molecule has 0 radical (unpaired) electrons. The fourth-order valence-electron chi connectivity index (χ4n) is 0.657. The Morgan fingerprint density at radius 3 is 2.58 bits per heavy atom. The standard InChI is InChI=1S/C9H12ClNO/c1-4-8(5-7(2)10)6-9(12)11-3/h4-5H,1-2,6H2,3H3,(H,11,12)/b8-5+. The number of allylic oxidation sites excluding steroid dienone is 3. The quantitative estimate of drug-likeness (QED) is 0.667. The van der Waals surface area contributed by atoms with E-state index in [0.29, 0.717) is 5.03 Å². The first-order valence-corrected chi connectivity index (χ1v) is 3.86. The Balaban J connectivity index is 4.27. The SMILES string of the molecule is C=C/C(=C\C(=C)Cl)CC(=O)NC. The summed E-state index contributed by atoms with van der Waals surface area (Å²) in [7, 11) is 1.58. The summed E-state index contributed by atoms with van der Waals surface area (Å²) in [5, 5.41) is 2.90. The summed E-state index contributed by atoms with van der Waals surface area (Å²) in [5.41, 5.74) is 0.759. The molecule has 1 N–H and O–H groups in total. The molecule has 0 saturated heterocycles. The molecule has 0 fully saturated rings. The normalized spacial score (nSPS) is 10.7. The zero-order valence-electron chi connectivity index (χ0n) is 7.06. The van der Waals surface area contributed by atoms with Gasteiger partial charge in [-0.3, -0.25) is 4.79 Å². The van der Waals surface area contributed by atoms with E-state index in [1.807, 2.05) is 0 Å². The number of nitrogens with one attached hydrogen (secondary N) is 1. The number of halogens is 1. The van der Waals surface area contributed by atoms with E-state index < -0.39 is 0 Å². The van der Waals surface area contributed by atoms with Crippen LogP contribution in [0, 0.1) is 0 Å². The lowest BCUT2D eigenvalue weighted by Gasteiger charge is -1.99. The summed E-state index contributed by atoms with van der Waals surface area (Å²) in [6.45, 7) is 7.04. The van der Waals surface area contributed by atoms with Gasteiger partial charge in [-0.15, -0.1) is 0 Å². The molecule has 0 atom stereocenters. The van der Waals surface area contributed by atoms with Crippen LogP contribution >= 0.6 is 11.6 Å². The summed E-state index contributed by atoms with van der Waals surface area (Å²) >= 11 is 5.53. The van der Waals surface area contributed by atoms with Gasteiger partial charge in [0.2, 0.25) is 5.91 Å². The summed E-state index contributed by atoms with van der Waals surface area (Å²) < 4.78 is 0. The lowest BCUT2D eigenvalue weighted by Crippen LogP contribution is -2.17. The van der Waals surface area contributed by atoms with Gasteiger partial charge < -0.3 is 5.32 Å². The Bertz CT molecular complexity index is 231. The molecule has 0 aromatic heterocycles. The average molecular weight is 186 g/mol. The third-order valence-electron chi connectivity index (χ3n) is 1.25. The maximum atomic E-state index is 10.9. The van der Waals surface area contributed by atoms with Gasteiger partial charge in [0, 0.05) is 12.1 Å². The van der Waals surface area contributed by atoms with Crippen molar-refractivity contribution in [2.24, 2.45) is 0 Å². The third-order valence-corrected chi connectivity index (χ3v) is 1.36. The predicted octanol–water partition coefficient (Wildman–Crippen LogP) is 1.99. The molecule has 2 nitrogen and oxygen atoms in total. The van der Waals surface area contributed by atoms with Gasteiger partial charge in [0.05, 0.1) is 6.42 Å². The van der Waals surface area contributed by atoms with Crippen molar-refractivity contribution in [2.75, 3.05) is 7.05 Å². The van der Waals surface area contributed by atoms with Crippen LogP contribution in [0.2, 0.25) is 0 Å². The lowest BCUT2D eigenvalue weighted by molar-refractivity contribution is -0.119. The van der Waals surface area contributed by atoms with Gasteiger partial charge in [-0.1, -0.05) is 30.8 Å². The number of carbonyl (C=O) groups excluding carboxylic acids is 1. The molecule has 0 saturated carbocycles. The van der Waals surface area contributed by atoms with Gasteiger partial charge in [-0.25, -0.2) is 0 Å². The van der Waals surface area contributed by atoms with Gasteiger partial charge in [0.15, 0.2) is 0 Å². The Hall–Kier alpha value is -1.02. The Morgan fingerprint density at radius 2 is 2.25 bits per heavy atom. The van der Waals surface area contributed by atoms with E-state index in [1.165, 1.54) is 0 Å². The van der Waals surface area contributed by atoms with Crippen LogP contribution in [-0.2, 0) is 4.79 Å². The zero-order chi connectivity index (χ0) is 9.56. The molecule has 0 bridgehead atoms. The number of hydrogen-bond donors (Lipinski definition) is 1. The smallest absolute Gasteiger partial charge is 0.224 e. The summed E-state index contributed by atoms with van der Waals surface area (Å²) in [6.07, 6.45) is 3.48. The van der Waals surface area contributed by atoms with Crippen LogP contribution in [0.3, 0.4) is 0 Å². The molecule has 0 aromatic carbocycles. The van der Waals surface area contributed by atoms with Crippen molar-refractivity contribution in [1.82, 2.24) is 5.32 Å². The molecule has 0 aliphatic rings. The molecule has 1 amide bonds. The topological polar surface area (TPSA) is 29.1 Å². The van der Waals surface area contributed by atoms with E-state index in [2.05, 4.69) is 18.5 Å². The average Bonchev–Trinajstić information content (AvgIpc) is 2.02. The van der Waals surface area contributed by atoms with Gasteiger partial charge in [0.1, 0.15) is 0 Å². The molecule has 12 heavy (non-hydrogen) atoms. The Kier molecular flexibility index (Phi) is 5.13. The van der Waals surface area contributed by atoms with E-state index in [0.717, 1.165) is 5.57 Å². The van der Waals surface area contributed by atoms with E-state index in [-0.39, 0.29) is 12.3 Å². The minimum Gasteiger partial charge on any atom is -0.359 e. The number of amides is 1. The first-order chi connectivity index (χ1) is 5.60. The number of hydrogen-bond acceptors (Lipinski definition) is 1. The van der Waals surface area contributed by atoms with Crippen molar-refractivity contribution >= 4 is 17.5 Å². The molecule has 0 unspecified atom stereocenters. The van der Waals surface area contributed by atoms with Gasteiger partial charge in [-0.05, 0) is 11.6 Å². The van der Waals surface area contributed by atoms with Crippen LogP contribution < -0.4 is 5.32 Å². The molecule has 3 heteroatoms. The molecule has 0 spiro atoms. The molecular weight excluding hydrogens is 174 g/mol. The molecule has 0 aliphatic carbocycles. The highest BCUT2D eigenvalue weighted by atomic mass is 35.5. The van der Waals surface area contributed by atoms with Crippen LogP contribution in [0.15, 0.2) is 35.9 Å². The highest BCUT2D eigenvalue weighted by Gasteiger charge is 1.99. The highest BCUT2D eigenvalue weighted by Crippen LogP contribution is 2.08. The second-order valence-electron chi connectivity index (χ2n) is 2.22. The van der Waals surface area contributed by atoms with Crippen molar-refractivity contribution in [3.8, 4) is 0 Å². The Labute approximate surface area is 77.6 Å². The van der Waals surface area contributed by atoms with E-state index >= 15 is 0 Å². The lowest BCUT2D eigenvalue weighted by atomic mass is 10.1. The molecule has 0 aromatic rings. The molecule has 0 aliphatic heterocycles. The summed E-state index contributed by atoms with van der Waals surface area (Å²) in [5.74, 6) is -0.0703. The van der Waals surface area contributed by atoms with Crippen LogP contribution in [0.4, 0.5) is 0 Å². The number of carbonyl (C=O) groups is 1. The second-order valence-corrected chi connectivity index (χ2v) is 2.71. The molecule has 0 rings (SSSR count). The van der Waals surface area contributed by atoms with Crippen molar-refractivity contribution in [2.45, 2.75) is 6.42 Å². The van der Waals surface area contributed by atoms with Crippen LogP contribution in [0.1, 0.15) is 6.42 Å². The maximum Gasteiger partial charge on any atom is 0.224 e. The minimum absolute atomic E-state index is 0.0703. The fourth-order valence-corrected chi connectivity index (χ4v) is 0.797. The van der Waals surface area contributed by atoms with E-state index in [9.17, 15) is 4.79 Å². The van der Waals surface area contributed by atoms with Crippen molar-refractivity contribution < 1.29 is 4.79 Å². The van der Waals surface area contributed by atoms with Gasteiger partial charge in [-0.2, -0.15) is 0 Å². The largest absolute Gasteiger partial charge is 0.359 e. The van der Waals surface area contributed by atoms with Gasteiger partial charge >= 0.3 is 0 Å². The predicted molar refractivity (Wildman–Crippen MR) is 52.0 cm³/mol. The number of rotatable bonds is 4. The first-order valence-electron chi connectivity index (χ1n) is 3.48. The fraction of sp³-hybridized carbons (Fsp3) is 0.222. The molecule has 66 valence electrons. The van der Waals surface area contributed by atoms with Crippen molar-refractivity contribution in [3.05, 3.63) is 35.9 Å². The monoisotopic (exact) mass is 185 g/mol. The van der Waals surface area contributed by atoms with Crippen LogP contribution in [0.5, 0.6) is 0 Å². The van der Waals surface area contributed by atoms with Crippen LogP contribution in [0.25, 0.3) is 0 Å². The third kappa shape index (κ3) is 4.74. The Morgan fingerprint density at radius 1 is 1.67 bits per heavy atom. The van der Waals surface area contributed by atoms with E-state index in [4.69, 9.17) is 11.6 Å². The maximum absolute atomic E-state index is 10.9. The van der Waals surface area contributed by atoms with E-state index in [1.54, 1.807) is 19.2 Å². The molecular formula is C9H12ClNO.